The molecule has 19 heavy (non-hydrogen) atoms. The van der Waals surface area contributed by atoms with Crippen molar-refractivity contribution in [3.05, 3.63) is 27.1 Å². The fourth-order valence-electron chi connectivity index (χ4n) is 2.03. The van der Waals surface area contributed by atoms with Gasteiger partial charge >= 0.3 is 5.97 Å². The Kier molecular flexibility index (Phi) is 3.71. The summed E-state index contributed by atoms with van der Waals surface area (Å²) in [5.74, 6) is -0.850. The number of hydrogen-bond acceptors (Lipinski definition) is 4. The van der Waals surface area contributed by atoms with Crippen LogP contribution in [0.4, 0.5) is 0 Å². The maximum absolute atomic E-state index is 12.4. The molecular weight excluding hydrogens is 264 g/mol. The van der Waals surface area contributed by atoms with E-state index in [1.165, 1.54) is 22.2 Å². The van der Waals surface area contributed by atoms with Crippen molar-refractivity contribution in [1.82, 2.24) is 9.55 Å². The molecule has 0 radical (unpaired) electrons. The molecule has 102 valence electrons. The molecule has 5 nitrogen and oxygen atoms in total. The van der Waals surface area contributed by atoms with Gasteiger partial charge in [0.25, 0.3) is 5.56 Å². The first-order valence-corrected chi connectivity index (χ1v) is 6.92. The summed E-state index contributed by atoms with van der Waals surface area (Å²) >= 11 is 1.51. The van der Waals surface area contributed by atoms with E-state index in [1.807, 2.05) is 20.8 Å². The molecule has 1 N–H and O–H groups in total. The molecule has 0 fully saturated rings. The summed E-state index contributed by atoms with van der Waals surface area (Å²) in [6, 6.07) is -0.167. The Balaban J connectivity index is 2.45. The maximum atomic E-state index is 12.4. The van der Waals surface area contributed by atoms with Gasteiger partial charge < -0.3 is 5.11 Å². The molecule has 6 heteroatoms. The van der Waals surface area contributed by atoms with Crippen molar-refractivity contribution in [3.63, 3.8) is 0 Å². The molecule has 0 saturated heterocycles. The van der Waals surface area contributed by atoms with E-state index in [4.69, 9.17) is 5.11 Å². The van der Waals surface area contributed by atoms with Crippen molar-refractivity contribution in [2.75, 3.05) is 0 Å². The van der Waals surface area contributed by atoms with Crippen molar-refractivity contribution < 1.29 is 9.90 Å². The smallest absolute Gasteiger partial charge is 0.303 e. The molecule has 1 atom stereocenters. The number of aromatic nitrogens is 2. The number of carboxylic acids is 1. The fraction of sp³-hybridized carbons (Fsp3) is 0.462. The Bertz CT molecular complexity index is 687. The molecule has 1 unspecified atom stereocenters. The highest BCUT2D eigenvalue weighted by molar-refractivity contribution is 7.18. The van der Waals surface area contributed by atoms with Gasteiger partial charge in [-0.15, -0.1) is 11.3 Å². The second-order valence-electron chi connectivity index (χ2n) is 4.70. The minimum Gasteiger partial charge on any atom is -0.481 e. The van der Waals surface area contributed by atoms with Crippen LogP contribution in [0.25, 0.3) is 10.2 Å². The monoisotopic (exact) mass is 280 g/mol. The number of aliphatic carboxylic acids is 1. The maximum Gasteiger partial charge on any atom is 0.303 e. The molecule has 0 aliphatic heterocycles. The van der Waals surface area contributed by atoms with Gasteiger partial charge in [0.2, 0.25) is 0 Å². The van der Waals surface area contributed by atoms with Crippen molar-refractivity contribution in [2.45, 2.75) is 39.7 Å². The van der Waals surface area contributed by atoms with Crippen LogP contribution >= 0.6 is 11.3 Å². The highest BCUT2D eigenvalue weighted by Gasteiger charge is 2.15. The van der Waals surface area contributed by atoms with E-state index in [1.54, 1.807) is 0 Å². The SMILES string of the molecule is Cc1sc2ncn(C(C)CCC(=O)O)c(=O)c2c1C. The van der Waals surface area contributed by atoms with Gasteiger partial charge in [-0.05, 0) is 32.8 Å². The van der Waals surface area contributed by atoms with Gasteiger partial charge in [-0.2, -0.15) is 0 Å². The third-order valence-corrected chi connectivity index (χ3v) is 4.48. The quantitative estimate of drug-likeness (QED) is 0.934. The van der Waals surface area contributed by atoms with Gasteiger partial charge in [-0.25, -0.2) is 4.98 Å². The number of fused-ring (bicyclic) bond motifs is 1. The van der Waals surface area contributed by atoms with E-state index in [-0.39, 0.29) is 18.0 Å². The van der Waals surface area contributed by atoms with E-state index in [2.05, 4.69) is 4.98 Å². The minimum absolute atomic E-state index is 0.0489. The van der Waals surface area contributed by atoms with Crippen molar-refractivity contribution in [1.29, 1.82) is 0 Å². The molecule has 0 bridgehead atoms. The summed E-state index contributed by atoms with van der Waals surface area (Å²) in [5, 5.41) is 9.36. The summed E-state index contributed by atoms with van der Waals surface area (Å²) in [5.41, 5.74) is 0.891. The van der Waals surface area contributed by atoms with Crippen LogP contribution in [0.1, 0.15) is 36.2 Å². The van der Waals surface area contributed by atoms with E-state index >= 15 is 0 Å². The highest BCUT2D eigenvalue weighted by Crippen LogP contribution is 2.26. The zero-order chi connectivity index (χ0) is 14.2. The molecule has 2 rings (SSSR count). The summed E-state index contributed by atoms with van der Waals surface area (Å²) in [6.45, 7) is 5.73. The topological polar surface area (TPSA) is 72.2 Å². The van der Waals surface area contributed by atoms with Crippen LogP contribution in [0, 0.1) is 13.8 Å². The van der Waals surface area contributed by atoms with E-state index < -0.39 is 5.97 Å². The van der Waals surface area contributed by atoms with Gasteiger partial charge in [0.1, 0.15) is 4.83 Å². The van der Waals surface area contributed by atoms with Crippen LogP contribution in [-0.2, 0) is 4.79 Å². The number of carbonyl (C=O) groups is 1. The lowest BCUT2D eigenvalue weighted by Crippen LogP contribution is -2.24. The average Bonchev–Trinajstić information content (AvgIpc) is 2.63. The Morgan fingerprint density at radius 1 is 1.53 bits per heavy atom. The van der Waals surface area contributed by atoms with Crippen LogP contribution in [0.15, 0.2) is 11.1 Å². The number of aryl methyl sites for hydroxylation is 2. The number of hydrogen-bond donors (Lipinski definition) is 1. The summed E-state index contributed by atoms with van der Waals surface area (Å²) in [6.07, 6.45) is 1.99. The lowest BCUT2D eigenvalue weighted by Gasteiger charge is -2.13. The molecule has 2 heterocycles. The van der Waals surface area contributed by atoms with Crippen molar-refractivity contribution >= 4 is 27.5 Å². The second-order valence-corrected chi connectivity index (χ2v) is 5.91. The zero-order valence-corrected chi connectivity index (χ0v) is 12.0. The number of carboxylic acid groups (broad SMARTS) is 1. The van der Waals surface area contributed by atoms with Crippen LogP contribution in [-0.4, -0.2) is 20.6 Å². The average molecular weight is 280 g/mol. The Hall–Kier alpha value is -1.69. The molecule has 0 aromatic carbocycles. The Labute approximate surface area is 114 Å². The lowest BCUT2D eigenvalue weighted by molar-refractivity contribution is -0.137. The van der Waals surface area contributed by atoms with Crippen LogP contribution < -0.4 is 5.56 Å². The molecule has 0 aliphatic rings. The first-order valence-electron chi connectivity index (χ1n) is 6.10. The predicted octanol–water partition coefficient (Wildman–Crippen LogP) is 2.50. The van der Waals surface area contributed by atoms with Crippen molar-refractivity contribution in [2.24, 2.45) is 0 Å². The number of nitrogens with zero attached hydrogens (tertiary/aromatic N) is 2. The predicted molar refractivity (Wildman–Crippen MR) is 74.9 cm³/mol. The molecule has 2 aromatic rings. The summed E-state index contributed by atoms with van der Waals surface area (Å²) < 4.78 is 1.53. The summed E-state index contributed by atoms with van der Waals surface area (Å²) in [4.78, 5) is 29.2. The third kappa shape index (κ3) is 2.53. The number of rotatable bonds is 4. The fourth-order valence-corrected chi connectivity index (χ4v) is 3.02. The summed E-state index contributed by atoms with van der Waals surface area (Å²) in [7, 11) is 0. The zero-order valence-electron chi connectivity index (χ0n) is 11.1. The normalized spacial score (nSPS) is 12.8. The van der Waals surface area contributed by atoms with E-state index in [0.29, 0.717) is 11.8 Å². The Morgan fingerprint density at radius 3 is 2.84 bits per heavy atom. The van der Waals surface area contributed by atoms with Gasteiger partial charge in [-0.3, -0.25) is 14.2 Å². The highest BCUT2D eigenvalue weighted by atomic mass is 32.1. The first kappa shape index (κ1) is 13.7. The van der Waals surface area contributed by atoms with Gasteiger partial charge in [0.05, 0.1) is 11.7 Å². The van der Waals surface area contributed by atoms with Crippen LogP contribution in [0.3, 0.4) is 0 Å². The van der Waals surface area contributed by atoms with Gasteiger partial charge in [-0.1, -0.05) is 0 Å². The largest absolute Gasteiger partial charge is 0.481 e. The minimum atomic E-state index is -0.850. The van der Waals surface area contributed by atoms with Gasteiger partial charge in [0, 0.05) is 17.3 Å². The second kappa shape index (κ2) is 5.13. The Morgan fingerprint density at radius 2 is 2.21 bits per heavy atom. The standard InChI is InChI=1S/C13H16N2O3S/c1-7(4-5-10(16)17)15-6-14-12-11(13(15)18)8(2)9(3)19-12/h6-7H,4-5H2,1-3H3,(H,16,17). The molecule has 0 saturated carbocycles. The first-order chi connectivity index (χ1) is 8.91. The molecule has 2 aromatic heterocycles. The van der Waals surface area contributed by atoms with E-state index in [9.17, 15) is 9.59 Å². The third-order valence-electron chi connectivity index (χ3n) is 3.37. The molecule has 0 amide bonds. The van der Waals surface area contributed by atoms with Gasteiger partial charge in [0.15, 0.2) is 0 Å². The van der Waals surface area contributed by atoms with Crippen molar-refractivity contribution in [3.8, 4) is 0 Å². The molecular formula is C13H16N2O3S. The number of thiophene rings is 1. The lowest BCUT2D eigenvalue weighted by atomic mass is 10.1. The van der Waals surface area contributed by atoms with Crippen LogP contribution in [0.2, 0.25) is 0 Å². The molecule has 0 spiro atoms. The van der Waals surface area contributed by atoms with E-state index in [0.717, 1.165) is 15.3 Å². The molecule has 0 aliphatic carbocycles. The van der Waals surface area contributed by atoms with Crippen LogP contribution in [0.5, 0.6) is 0 Å².